The van der Waals surface area contributed by atoms with E-state index in [1.165, 1.54) is 17.4 Å². The van der Waals surface area contributed by atoms with Crippen molar-refractivity contribution in [1.29, 1.82) is 0 Å². The Balaban J connectivity index is 1.19. The molecule has 0 saturated carbocycles. The number of hydrogen-bond donors (Lipinski definition) is 0. The summed E-state index contributed by atoms with van der Waals surface area (Å²) in [7, 11) is -3.78. The fourth-order valence-electron chi connectivity index (χ4n) is 4.78. The molecule has 1 fully saturated rings. The molecule has 5 rings (SSSR count). The van der Waals surface area contributed by atoms with Crippen LogP contribution in [-0.2, 0) is 26.3 Å². The SMILES string of the molecule is CS(=O)(=O)Oc1cccc(Cl)c1C1CC(c2csc(C3CCN(C(=O)Cn4cc(C(F)F)ccc4=O)CC3)n2)=NO1. The first-order chi connectivity index (χ1) is 19.5. The van der Waals surface area contributed by atoms with Crippen LogP contribution in [0.1, 0.15) is 59.5 Å². The highest BCUT2D eigenvalue weighted by atomic mass is 35.5. The van der Waals surface area contributed by atoms with Crippen LogP contribution in [0.5, 0.6) is 5.75 Å². The maximum absolute atomic E-state index is 13.0. The number of alkyl halides is 2. The Labute approximate surface area is 243 Å². The third-order valence-electron chi connectivity index (χ3n) is 6.82. The molecule has 0 N–H and O–H groups in total. The summed E-state index contributed by atoms with van der Waals surface area (Å²) in [4.78, 5) is 36.8. The second-order valence-corrected chi connectivity index (χ2v) is 12.6. The minimum Gasteiger partial charge on any atom is -0.387 e. The molecule has 1 saturated heterocycles. The Bertz CT molecular complexity index is 1650. The number of halogens is 3. The molecule has 0 radical (unpaired) electrons. The van der Waals surface area contributed by atoms with Crippen LogP contribution in [0.3, 0.4) is 0 Å². The van der Waals surface area contributed by atoms with E-state index in [4.69, 9.17) is 25.6 Å². The van der Waals surface area contributed by atoms with Crippen molar-refractivity contribution in [3.8, 4) is 5.75 Å². The van der Waals surface area contributed by atoms with Crippen LogP contribution in [0.2, 0.25) is 5.02 Å². The van der Waals surface area contributed by atoms with Crippen LogP contribution < -0.4 is 9.74 Å². The van der Waals surface area contributed by atoms with Crippen LogP contribution in [0.15, 0.2) is 51.9 Å². The lowest BCUT2D eigenvalue weighted by Gasteiger charge is -2.31. The van der Waals surface area contributed by atoms with E-state index >= 15 is 0 Å². The standard InChI is InChI=1S/C26H25ClF2N4O6S2/c1-41(36,37)39-20-4-2-3-17(27)24(20)21-11-18(31-38-21)19-14-40-26(30-19)15-7-9-32(10-8-15)23(35)13-33-12-16(25(28)29)5-6-22(33)34/h2-6,12,14-15,21,25H,7-11,13H2,1H3. The molecule has 2 aromatic heterocycles. The summed E-state index contributed by atoms with van der Waals surface area (Å²) in [5, 5.41) is 7.22. The highest BCUT2D eigenvalue weighted by molar-refractivity contribution is 7.86. The second-order valence-electron chi connectivity index (χ2n) is 9.73. The number of hydrogen-bond acceptors (Lipinski definition) is 9. The molecule has 4 heterocycles. The molecule has 1 atom stereocenters. The summed E-state index contributed by atoms with van der Waals surface area (Å²) >= 11 is 7.83. The van der Waals surface area contributed by atoms with Gasteiger partial charge in [0.1, 0.15) is 12.3 Å². The molecule has 15 heteroatoms. The molecule has 0 spiro atoms. The van der Waals surface area contributed by atoms with E-state index in [9.17, 15) is 26.8 Å². The van der Waals surface area contributed by atoms with Crippen LogP contribution >= 0.6 is 22.9 Å². The van der Waals surface area contributed by atoms with Gasteiger partial charge < -0.3 is 18.5 Å². The largest absolute Gasteiger partial charge is 0.387 e. The van der Waals surface area contributed by atoms with Crippen molar-refractivity contribution < 1.29 is 31.0 Å². The van der Waals surface area contributed by atoms with Gasteiger partial charge in [-0.05, 0) is 31.0 Å². The number of rotatable bonds is 8. The number of amides is 1. The maximum atomic E-state index is 13.0. The van der Waals surface area contributed by atoms with Gasteiger partial charge in [0.25, 0.3) is 12.0 Å². The predicted octanol–water partition coefficient (Wildman–Crippen LogP) is 4.51. The summed E-state index contributed by atoms with van der Waals surface area (Å²) in [6.07, 6.45) is 0.216. The van der Waals surface area contributed by atoms with Crippen LogP contribution in [0.4, 0.5) is 8.78 Å². The molecule has 3 aromatic rings. The van der Waals surface area contributed by atoms with Crippen molar-refractivity contribution >= 4 is 44.7 Å². The van der Waals surface area contributed by atoms with E-state index in [2.05, 4.69) is 5.16 Å². The predicted molar refractivity (Wildman–Crippen MR) is 148 cm³/mol. The highest BCUT2D eigenvalue weighted by Crippen LogP contribution is 2.40. The number of oxime groups is 1. The second kappa shape index (κ2) is 11.9. The number of aromatic nitrogens is 2. The summed E-state index contributed by atoms with van der Waals surface area (Å²) < 4.78 is 55.5. The Morgan fingerprint density at radius 1 is 1.24 bits per heavy atom. The van der Waals surface area contributed by atoms with Crippen molar-refractivity contribution in [2.75, 3.05) is 19.3 Å². The lowest BCUT2D eigenvalue weighted by molar-refractivity contribution is -0.133. The van der Waals surface area contributed by atoms with Crippen molar-refractivity contribution in [2.45, 2.75) is 44.3 Å². The molecule has 10 nitrogen and oxygen atoms in total. The van der Waals surface area contributed by atoms with E-state index < -0.39 is 28.2 Å². The van der Waals surface area contributed by atoms with Gasteiger partial charge in [-0.25, -0.2) is 13.8 Å². The third-order valence-corrected chi connectivity index (χ3v) is 8.64. The van der Waals surface area contributed by atoms with E-state index in [0.717, 1.165) is 34.2 Å². The third kappa shape index (κ3) is 6.76. The summed E-state index contributed by atoms with van der Waals surface area (Å²) in [6.45, 7) is 0.599. The monoisotopic (exact) mass is 626 g/mol. The zero-order valence-electron chi connectivity index (χ0n) is 21.7. The number of carbonyl (C=O) groups excluding carboxylic acids is 1. The lowest BCUT2D eigenvalue weighted by Crippen LogP contribution is -2.41. The summed E-state index contributed by atoms with van der Waals surface area (Å²) in [5.74, 6) is -0.118. The van der Waals surface area contributed by atoms with Crippen LogP contribution in [0.25, 0.3) is 0 Å². The minimum absolute atomic E-state index is 0.0772. The molecule has 2 aliphatic rings. The Kier molecular flexibility index (Phi) is 8.43. The molecule has 218 valence electrons. The first-order valence-electron chi connectivity index (χ1n) is 12.6. The van der Waals surface area contributed by atoms with Crippen molar-refractivity contribution in [3.05, 3.63) is 79.1 Å². The molecular formula is C26H25ClF2N4O6S2. The van der Waals surface area contributed by atoms with Crippen LogP contribution in [-0.4, -0.2) is 53.8 Å². The fraction of sp³-hybridized carbons (Fsp3) is 0.385. The van der Waals surface area contributed by atoms with Crippen molar-refractivity contribution in [3.63, 3.8) is 0 Å². The summed E-state index contributed by atoms with van der Waals surface area (Å²) in [5.41, 5.74) is 0.791. The average Bonchev–Trinajstić information content (AvgIpc) is 3.59. The normalized spacial score (nSPS) is 17.9. The molecule has 1 aromatic carbocycles. The number of likely N-dealkylation sites (tertiary alicyclic amines) is 1. The number of thiazole rings is 1. The van der Waals surface area contributed by atoms with Gasteiger partial charge in [0.2, 0.25) is 5.91 Å². The summed E-state index contributed by atoms with van der Waals surface area (Å²) in [6, 6.07) is 6.80. The highest BCUT2D eigenvalue weighted by Gasteiger charge is 2.32. The molecule has 0 bridgehead atoms. The van der Waals surface area contributed by atoms with E-state index in [0.29, 0.717) is 54.3 Å². The van der Waals surface area contributed by atoms with E-state index in [1.54, 1.807) is 17.0 Å². The number of pyridine rings is 1. The number of carbonyl (C=O) groups is 1. The lowest BCUT2D eigenvalue weighted by atomic mass is 9.97. The molecule has 1 unspecified atom stereocenters. The smallest absolute Gasteiger partial charge is 0.306 e. The zero-order chi connectivity index (χ0) is 29.3. The van der Waals surface area contributed by atoms with Gasteiger partial charge in [-0.2, -0.15) is 8.42 Å². The number of benzene rings is 1. The van der Waals surface area contributed by atoms with Gasteiger partial charge in [0.05, 0.1) is 27.5 Å². The van der Waals surface area contributed by atoms with Gasteiger partial charge in [-0.15, -0.1) is 11.3 Å². The molecular weight excluding hydrogens is 602 g/mol. The quantitative estimate of drug-likeness (QED) is 0.338. The Morgan fingerprint density at radius 2 is 2.00 bits per heavy atom. The average molecular weight is 627 g/mol. The van der Waals surface area contributed by atoms with Crippen LogP contribution in [0, 0.1) is 0 Å². The van der Waals surface area contributed by atoms with Crippen molar-refractivity contribution in [2.24, 2.45) is 5.16 Å². The maximum Gasteiger partial charge on any atom is 0.306 e. The first kappa shape index (κ1) is 29.1. The molecule has 2 aliphatic heterocycles. The van der Waals surface area contributed by atoms with Gasteiger partial charge in [-0.3, -0.25) is 9.59 Å². The number of nitrogens with zero attached hydrogens (tertiary/aromatic N) is 4. The van der Waals surface area contributed by atoms with E-state index in [1.807, 2.05) is 5.38 Å². The van der Waals surface area contributed by atoms with Gasteiger partial charge in [-0.1, -0.05) is 22.8 Å². The number of piperidine rings is 1. The van der Waals surface area contributed by atoms with Gasteiger partial charge in [0, 0.05) is 48.6 Å². The van der Waals surface area contributed by atoms with E-state index in [-0.39, 0.29) is 29.7 Å². The molecule has 1 amide bonds. The van der Waals surface area contributed by atoms with Gasteiger partial charge in [0.15, 0.2) is 11.9 Å². The molecule has 0 aliphatic carbocycles. The first-order valence-corrected chi connectivity index (χ1v) is 15.7. The van der Waals surface area contributed by atoms with Gasteiger partial charge >= 0.3 is 10.1 Å². The van der Waals surface area contributed by atoms with Crippen molar-refractivity contribution in [1.82, 2.24) is 14.5 Å². The fourth-order valence-corrected chi connectivity index (χ4v) is 6.54. The molecule has 41 heavy (non-hydrogen) atoms. The Hall–Kier alpha value is -3.36. The Morgan fingerprint density at radius 3 is 2.71 bits per heavy atom. The zero-order valence-corrected chi connectivity index (χ0v) is 24.1. The minimum atomic E-state index is -3.78. The topological polar surface area (TPSA) is 120 Å².